The van der Waals surface area contributed by atoms with Crippen molar-refractivity contribution < 1.29 is 9.90 Å². The van der Waals surface area contributed by atoms with E-state index in [2.05, 4.69) is 42.4 Å². The molecule has 0 radical (unpaired) electrons. The van der Waals surface area contributed by atoms with E-state index in [0.717, 1.165) is 5.56 Å². The molecule has 0 saturated heterocycles. The molecule has 1 aromatic carbocycles. The van der Waals surface area contributed by atoms with Crippen LogP contribution in [0.1, 0.15) is 39.2 Å². The summed E-state index contributed by atoms with van der Waals surface area (Å²) in [5.41, 5.74) is 2.14. The molecule has 2 aromatic rings. The number of carbonyl (C=O) groups is 1. The lowest BCUT2D eigenvalue weighted by atomic mass is 9.83. The molecule has 1 aromatic heterocycles. The summed E-state index contributed by atoms with van der Waals surface area (Å²) >= 11 is 0. The molecule has 0 unspecified atom stereocenters. The third-order valence-corrected chi connectivity index (χ3v) is 3.27. The Hall–Kier alpha value is -2.24. The number of tetrazole rings is 1. The second-order valence-electron chi connectivity index (χ2n) is 6.02. The zero-order valence-corrected chi connectivity index (χ0v) is 12.6. The number of hydrogen-bond acceptors (Lipinski definition) is 4. The first-order valence-corrected chi connectivity index (χ1v) is 6.97. The fourth-order valence-electron chi connectivity index (χ4n) is 2.26. The average Bonchev–Trinajstić information content (AvgIpc) is 2.85. The minimum Gasteiger partial charge on any atom is -0.481 e. The first kappa shape index (κ1) is 15.2. The number of carboxylic acid groups (broad SMARTS) is 1. The Bertz CT molecular complexity index is 629. The first-order chi connectivity index (χ1) is 9.89. The van der Waals surface area contributed by atoms with Crippen LogP contribution in [0.15, 0.2) is 24.3 Å². The molecule has 0 spiro atoms. The van der Waals surface area contributed by atoms with Crippen molar-refractivity contribution in [3.8, 4) is 11.4 Å². The van der Waals surface area contributed by atoms with Crippen molar-refractivity contribution in [1.29, 1.82) is 0 Å². The number of nitrogens with zero attached hydrogens (tertiary/aromatic N) is 4. The summed E-state index contributed by atoms with van der Waals surface area (Å²) in [6.07, 6.45) is 0.616. The minimum absolute atomic E-state index is 0.0194. The van der Waals surface area contributed by atoms with Crippen LogP contribution in [0.2, 0.25) is 0 Å². The van der Waals surface area contributed by atoms with Crippen LogP contribution >= 0.6 is 0 Å². The standard InChI is InChI=1S/C15H20N4O2/c1-15(2,3)12-8-5-4-7-11(12)14-16-17-18-19(14)10-6-9-13(20)21/h4-5,7-8H,6,9-10H2,1-3H3,(H,20,21). The molecule has 0 fully saturated rings. The van der Waals surface area contributed by atoms with Gasteiger partial charge in [0.2, 0.25) is 0 Å². The van der Waals surface area contributed by atoms with Gasteiger partial charge in [0.05, 0.1) is 0 Å². The predicted octanol–water partition coefficient (Wildman–Crippen LogP) is 2.50. The number of rotatable bonds is 5. The highest BCUT2D eigenvalue weighted by atomic mass is 16.4. The summed E-state index contributed by atoms with van der Waals surface area (Å²) in [7, 11) is 0. The van der Waals surface area contributed by atoms with Gasteiger partial charge in [-0.2, -0.15) is 0 Å². The van der Waals surface area contributed by atoms with E-state index in [-0.39, 0.29) is 11.8 Å². The Morgan fingerprint density at radius 1 is 1.29 bits per heavy atom. The summed E-state index contributed by atoms with van der Waals surface area (Å²) in [6.45, 7) is 6.92. The van der Waals surface area contributed by atoms with Gasteiger partial charge in [-0.15, -0.1) is 5.10 Å². The largest absolute Gasteiger partial charge is 0.481 e. The molecule has 112 valence electrons. The maximum Gasteiger partial charge on any atom is 0.303 e. The van der Waals surface area contributed by atoms with Crippen molar-refractivity contribution in [2.24, 2.45) is 0 Å². The number of aliphatic carboxylic acids is 1. The first-order valence-electron chi connectivity index (χ1n) is 6.97. The van der Waals surface area contributed by atoms with Crippen LogP contribution in [0.25, 0.3) is 11.4 Å². The third-order valence-electron chi connectivity index (χ3n) is 3.27. The van der Waals surface area contributed by atoms with Crippen molar-refractivity contribution in [3.63, 3.8) is 0 Å². The highest BCUT2D eigenvalue weighted by Gasteiger charge is 2.21. The molecule has 0 aliphatic carbocycles. The topological polar surface area (TPSA) is 80.9 Å². The highest BCUT2D eigenvalue weighted by Crippen LogP contribution is 2.31. The molecule has 2 rings (SSSR count). The molecule has 0 saturated carbocycles. The van der Waals surface area contributed by atoms with Crippen LogP contribution in [-0.4, -0.2) is 31.3 Å². The van der Waals surface area contributed by atoms with Gasteiger partial charge in [0.25, 0.3) is 0 Å². The van der Waals surface area contributed by atoms with E-state index in [0.29, 0.717) is 18.8 Å². The van der Waals surface area contributed by atoms with E-state index in [1.54, 1.807) is 4.68 Å². The summed E-state index contributed by atoms with van der Waals surface area (Å²) in [4.78, 5) is 10.6. The quantitative estimate of drug-likeness (QED) is 0.914. The van der Waals surface area contributed by atoms with E-state index < -0.39 is 5.97 Å². The van der Waals surface area contributed by atoms with Crippen LogP contribution in [0.5, 0.6) is 0 Å². The molecule has 6 heteroatoms. The van der Waals surface area contributed by atoms with E-state index >= 15 is 0 Å². The second-order valence-corrected chi connectivity index (χ2v) is 6.02. The Morgan fingerprint density at radius 2 is 2.00 bits per heavy atom. The monoisotopic (exact) mass is 288 g/mol. The Kier molecular flexibility index (Phi) is 4.35. The van der Waals surface area contributed by atoms with Crippen molar-refractivity contribution in [2.75, 3.05) is 0 Å². The van der Waals surface area contributed by atoms with Crippen LogP contribution in [0.4, 0.5) is 0 Å². The van der Waals surface area contributed by atoms with Gasteiger partial charge in [0.1, 0.15) is 0 Å². The van der Waals surface area contributed by atoms with Crippen molar-refractivity contribution in [2.45, 2.75) is 45.6 Å². The van der Waals surface area contributed by atoms with Gasteiger partial charge >= 0.3 is 5.97 Å². The second kappa shape index (κ2) is 6.03. The summed E-state index contributed by atoms with van der Waals surface area (Å²) in [5, 5.41) is 20.5. The van der Waals surface area contributed by atoms with E-state index in [1.165, 1.54) is 5.56 Å². The summed E-state index contributed by atoms with van der Waals surface area (Å²) in [5.74, 6) is -0.120. The van der Waals surface area contributed by atoms with Crippen molar-refractivity contribution >= 4 is 5.97 Å². The van der Waals surface area contributed by atoms with Gasteiger partial charge in [-0.05, 0) is 27.8 Å². The summed E-state index contributed by atoms with van der Waals surface area (Å²) in [6, 6.07) is 8.04. The lowest BCUT2D eigenvalue weighted by molar-refractivity contribution is -0.137. The number of benzene rings is 1. The summed E-state index contributed by atoms with van der Waals surface area (Å²) < 4.78 is 1.67. The zero-order valence-electron chi connectivity index (χ0n) is 12.6. The molecule has 1 heterocycles. The number of aromatic nitrogens is 4. The van der Waals surface area contributed by atoms with Crippen LogP contribution in [0.3, 0.4) is 0 Å². The predicted molar refractivity (Wildman–Crippen MR) is 78.8 cm³/mol. The maximum atomic E-state index is 10.6. The Morgan fingerprint density at radius 3 is 2.67 bits per heavy atom. The number of hydrogen-bond donors (Lipinski definition) is 1. The van der Waals surface area contributed by atoms with Gasteiger partial charge in [-0.3, -0.25) is 4.79 Å². The molecular formula is C15H20N4O2. The van der Waals surface area contributed by atoms with Gasteiger partial charge in [-0.1, -0.05) is 45.0 Å². The normalized spacial score (nSPS) is 11.6. The molecule has 0 aliphatic rings. The fourth-order valence-corrected chi connectivity index (χ4v) is 2.26. The van der Waals surface area contributed by atoms with Crippen LogP contribution < -0.4 is 0 Å². The van der Waals surface area contributed by atoms with E-state index in [4.69, 9.17) is 5.11 Å². The van der Waals surface area contributed by atoms with E-state index in [1.807, 2.05) is 18.2 Å². The molecule has 1 N–H and O–H groups in total. The zero-order chi connectivity index (χ0) is 15.5. The molecule has 0 aliphatic heterocycles. The average molecular weight is 288 g/mol. The van der Waals surface area contributed by atoms with Gasteiger partial charge in [0, 0.05) is 18.5 Å². The Labute approximate surface area is 123 Å². The lowest BCUT2D eigenvalue weighted by Gasteiger charge is -2.22. The lowest BCUT2D eigenvalue weighted by Crippen LogP contribution is -2.14. The van der Waals surface area contributed by atoms with Crippen molar-refractivity contribution in [1.82, 2.24) is 20.2 Å². The minimum atomic E-state index is -0.806. The van der Waals surface area contributed by atoms with Crippen molar-refractivity contribution in [3.05, 3.63) is 29.8 Å². The molecule has 0 bridgehead atoms. The third kappa shape index (κ3) is 3.65. The molecule has 0 amide bonds. The molecule has 21 heavy (non-hydrogen) atoms. The maximum absolute atomic E-state index is 10.6. The van der Waals surface area contributed by atoms with E-state index in [9.17, 15) is 4.79 Å². The molecule has 0 atom stereocenters. The Balaban J connectivity index is 2.32. The van der Waals surface area contributed by atoms with Crippen LogP contribution in [-0.2, 0) is 16.8 Å². The van der Waals surface area contributed by atoms with Crippen LogP contribution in [0, 0.1) is 0 Å². The number of aryl methyl sites for hydroxylation is 1. The smallest absolute Gasteiger partial charge is 0.303 e. The molecule has 6 nitrogen and oxygen atoms in total. The van der Waals surface area contributed by atoms with Gasteiger partial charge in [0.15, 0.2) is 5.82 Å². The number of carboxylic acids is 1. The molecular weight excluding hydrogens is 268 g/mol. The van der Waals surface area contributed by atoms with Gasteiger partial charge < -0.3 is 5.11 Å². The SMILES string of the molecule is CC(C)(C)c1ccccc1-c1nnnn1CCCC(=O)O. The fraction of sp³-hybridized carbons (Fsp3) is 0.467. The van der Waals surface area contributed by atoms with Gasteiger partial charge in [-0.25, -0.2) is 4.68 Å². The highest BCUT2D eigenvalue weighted by molar-refractivity contribution is 5.66.